The average molecular weight is 394 g/mol. The molecule has 1 amide bonds. The van der Waals surface area contributed by atoms with E-state index in [0.29, 0.717) is 5.02 Å². The summed E-state index contributed by atoms with van der Waals surface area (Å²) in [6.45, 7) is 0. The van der Waals surface area contributed by atoms with Crippen LogP contribution < -0.4 is 4.90 Å². The summed E-state index contributed by atoms with van der Waals surface area (Å²) >= 11 is 6.66. The molecule has 0 radical (unpaired) electrons. The van der Waals surface area contributed by atoms with Crippen LogP contribution in [0.15, 0.2) is 97.1 Å². The molecule has 3 heteroatoms. The summed E-state index contributed by atoms with van der Waals surface area (Å²) in [6, 6.07) is 32.0. The third-order valence-corrected chi connectivity index (χ3v) is 6.42. The number of nitrogens with zero attached hydrogens (tertiary/aromatic N) is 1. The smallest absolute Gasteiger partial charge is 0.251 e. The van der Waals surface area contributed by atoms with Crippen molar-refractivity contribution in [1.29, 1.82) is 0 Å². The van der Waals surface area contributed by atoms with Gasteiger partial charge < -0.3 is 0 Å². The summed E-state index contributed by atoms with van der Waals surface area (Å²) in [5.74, 6) is 0.0402. The predicted octanol–water partition coefficient (Wildman–Crippen LogP) is 6.33. The minimum absolute atomic E-state index is 0.0402. The molecule has 4 aromatic rings. The lowest BCUT2D eigenvalue weighted by Gasteiger charge is -2.27. The maximum atomic E-state index is 14.3. The van der Waals surface area contributed by atoms with Gasteiger partial charge in [-0.05, 0) is 41.0 Å². The van der Waals surface area contributed by atoms with E-state index in [-0.39, 0.29) is 5.91 Å². The monoisotopic (exact) mass is 393 g/mol. The fourth-order valence-corrected chi connectivity index (χ4v) is 5.29. The van der Waals surface area contributed by atoms with Crippen molar-refractivity contribution in [3.8, 4) is 11.1 Å². The second-order valence-corrected chi connectivity index (χ2v) is 7.86. The summed E-state index contributed by atoms with van der Waals surface area (Å²) in [5, 5.41) is 0.676. The molecule has 0 bridgehead atoms. The van der Waals surface area contributed by atoms with Crippen molar-refractivity contribution in [1.82, 2.24) is 0 Å². The SMILES string of the molecule is O=C1N(c2ccccc2)c2ccccc2C12c1ccccc1-c1c(Cl)cccc12. The van der Waals surface area contributed by atoms with E-state index >= 15 is 0 Å². The Hall–Kier alpha value is -3.36. The topological polar surface area (TPSA) is 20.3 Å². The van der Waals surface area contributed by atoms with Crippen molar-refractivity contribution in [3.63, 3.8) is 0 Å². The van der Waals surface area contributed by atoms with E-state index < -0.39 is 5.41 Å². The summed E-state index contributed by atoms with van der Waals surface area (Å²) in [4.78, 5) is 16.2. The maximum absolute atomic E-state index is 14.3. The molecule has 138 valence electrons. The normalized spacial score (nSPS) is 18.7. The molecule has 0 saturated carbocycles. The van der Waals surface area contributed by atoms with Crippen molar-refractivity contribution >= 4 is 28.9 Å². The maximum Gasteiger partial charge on any atom is 0.251 e. The number of hydrogen-bond acceptors (Lipinski definition) is 1. The van der Waals surface area contributed by atoms with Crippen LogP contribution in [0.4, 0.5) is 11.4 Å². The first-order chi connectivity index (χ1) is 14.2. The van der Waals surface area contributed by atoms with Crippen LogP contribution in [0.5, 0.6) is 0 Å². The Balaban J connectivity index is 1.76. The molecular formula is C26H16ClNO. The van der Waals surface area contributed by atoms with Gasteiger partial charge in [-0.1, -0.05) is 84.4 Å². The van der Waals surface area contributed by atoms with Gasteiger partial charge in [-0.2, -0.15) is 0 Å². The highest BCUT2D eigenvalue weighted by Gasteiger charge is 2.58. The van der Waals surface area contributed by atoms with Crippen LogP contribution in [0.25, 0.3) is 11.1 Å². The molecule has 0 saturated heterocycles. The van der Waals surface area contributed by atoms with E-state index in [2.05, 4.69) is 18.2 Å². The highest BCUT2D eigenvalue weighted by atomic mass is 35.5. The van der Waals surface area contributed by atoms with Crippen molar-refractivity contribution in [2.75, 3.05) is 4.90 Å². The zero-order chi connectivity index (χ0) is 19.6. The molecule has 1 aliphatic carbocycles. The minimum atomic E-state index is -0.886. The van der Waals surface area contributed by atoms with E-state index in [1.807, 2.05) is 83.8 Å². The van der Waals surface area contributed by atoms with Crippen LogP contribution in [0.3, 0.4) is 0 Å². The molecule has 1 unspecified atom stereocenters. The number of carbonyl (C=O) groups is 1. The van der Waals surface area contributed by atoms with E-state index in [0.717, 1.165) is 39.2 Å². The van der Waals surface area contributed by atoms with E-state index in [1.54, 1.807) is 0 Å². The molecule has 1 aliphatic heterocycles. The number of amides is 1. The number of fused-ring (bicyclic) bond motifs is 7. The molecule has 1 spiro atoms. The number of benzene rings is 4. The number of hydrogen-bond donors (Lipinski definition) is 0. The molecule has 0 N–H and O–H groups in total. The van der Waals surface area contributed by atoms with Gasteiger partial charge >= 0.3 is 0 Å². The Labute approximate surface area is 174 Å². The second-order valence-electron chi connectivity index (χ2n) is 7.45. The molecule has 1 atom stereocenters. The van der Waals surface area contributed by atoms with Gasteiger partial charge in [0.15, 0.2) is 0 Å². The first-order valence-electron chi connectivity index (χ1n) is 9.62. The van der Waals surface area contributed by atoms with E-state index in [4.69, 9.17) is 11.6 Å². The molecule has 6 rings (SSSR count). The number of carbonyl (C=O) groups excluding carboxylic acids is 1. The van der Waals surface area contributed by atoms with Crippen LogP contribution in [0.1, 0.15) is 16.7 Å². The molecule has 1 heterocycles. The van der Waals surface area contributed by atoms with E-state index in [9.17, 15) is 4.79 Å². The van der Waals surface area contributed by atoms with Gasteiger partial charge in [0.2, 0.25) is 0 Å². The molecule has 0 aromatic heterocycles. The summed E-state index contributed by atoms with van der Waals surface area (Å²) in [6.07, 6.45) is 0. The molecule has 29 heavy (non-hydrogen) atoms. The quantitative estimate of drug-likeness (QED) is 0.370. The Morgan fingerprint density at radius 3 is 2.14 bits per heavy atom. The fraction of sp³-hybridized carbons (Fsp3) is 0.0385. The standard InChI is InChI=1S/C26H16ClNO/c27-22-15-8-14-21-24(22)18-11-4-5-12-19(18)26(21)20-13-6-7-16-23(20)28(25(26)29)17-9-2-1-3-10-17/h1-16H. The molecule has 4 aromatic carbocycles. The highest BCUT2D eigenvalue weighted by Crippen LogP contribution is 2.60. The first-order valence-corrected chi connectivity index (χ1v) is 10.0. The van der Waals surface area contributed by atoms with Crippen LogP contribution in [-0.4, -0.2) is 5.91 Å². The summed E-state index contributed by atoms with van der Waals surface area (Å²) < 4.78 is 0. The number of para-hydroxylation sites is 2. The number of halogens is 1. The van der Waals surface area contributed by atoms with Crippen molar-refractivity contribution in [3.05, 3.63) is 119 Å². The molecule has 2 nitrogen and oxygen atoms in total. The zero-order valence-electron chi connectivity index (χ0n) is 15.5. The van der Waals surface area contributed by atoms with Crippen LogP contribution in [0, 0.1) is 0 Å². The largest absolute Gasteiger partial charge is 0.279 e. The van der Waals surface area contributed by atoms with Gasteiger partial charge in [0.05, 0.1) is 5.69 Å². The molecular weight excluding hydrogens is 378 g/mol. The van der Waals surface area contributed by atoms with Gasteiger partial charge in [0, 0.05) is 21.8 Å². The third-order valence-electron chi connectivity index (χ3n) is 6.11. The van der Waals surface area contributed by atoms with Crippen molar-refractivity contribution < 1.29 is 4.79 Å². The van der Waals surface area contributed by atoms with Crippen molar-refractivity contribution in [2.24, 2.45) is 0 Å². The molecule has 0 fully saturated rings. The minimum Gasteiger partial charge on any atom is -0.279 e. The van der Waals surface area contributed by atoms with Gasteiger partial charge in [0.1, 0.15) is 5.41 Å². The lowest BCUT2D eigenvalue weighted by Crippen LogP contribution is -2.38. The molecule has 2 aliphatic rings. The Kier molecular flexibility index (Phi) is 3.33. The zero-order valence-corrected chi connectivity index (χ0v) is 16.2. The van der Waals surface area contributed by atoms with E-state index in [1.165, 1.54) is 0 Å². The van der Waals surface area contributed by atoms with Crippen molar-refractivity contribution in [2.45, 2.75) is 5.41 Å². The second kappa shape index (κ2) is 5.82. The van der Waals surface area contributed by atoms with Crippen LogP contribution >= 0.6 is 11.6 Å². The summed E-state index contributed by atoms with van der Waals surface area (Å²) in [7, 11) is 0. The first kappa shape index (κ1) is 16.6. The lowest BCUT2D eigenvalue weighted by molar-refractivity contribution is -0.119. The highest BCUT2D eigenvalue weighted by molar-refractivity contribution is 6.34. The van der Waals surface area contributed by atoms with Crippen LogP contribution in [0.2, 0.25) is 5.02 Å². The number of rotatable bonds is 1. The Morgan fingerprint density at radius 2 is 1.31 bits per heavy atom. The predicted molar refractivity (Wildman–Crippen MR) is 117 cm³/mol. The Morgan fingerprint density at radius 1 is 0.655 bits per heavy atom. The Bertz CT molecular complexity index is 1300. The fourth-order valence-electron chi connectivity index (χ4n) is 5.02. The third kappa shape index (κ3) is 1.94. The van der Waals surface area contributed by atoms with Gasteiger partial charge in [-0.15, -0.1) is 0 Å². The average Bonchev–Trinajstić information content (AvgIpc) is 3.21. The summed E-state index contributed by atoms with van der Waals surface area (Å²) in [5.41, 5.74) is 5.86. The lowest BCUT2D eigenvalue weighted by atomic mass is 9.73. The van der Waals surface area contributed by atoms with Gasteiger partial charge in [-0.3, -0.25) is 9.69 Å². The number of anilines is 2. The van der Waals surface area contributed by atoms with Gasteiger partial charge in [-0.25, -0.2) is 0 Å². The van der Waals surface area contributed by atoms with Gasteiger partial charge in [0.25, 0.3) is 5.91 Å². The van der Waals surface area contributed by atoms with Crippen LogP contribution in [-0.2, 0) is 10.2 Å².